The first kappa shape index (κ1) is 44.4. The van der Waals surface area contributed by atoms with Gasteiger partial charge in [0, 0.05) is 45.1 Å². The molecule has 0 amide bonds. The Labute approximate surface area is 307 Å². The Kier molecular flexibility index (Phi) is 22.6. The molecule has 0 spiro atoms. The van der Waals surface area contributed by atoms with E-state index in [4.69, 9.17) is 0 Å². The van der Waals surface area contributed by atoms with Crippen LogP contribution in [0.4, 0.5) is 23.0 Å². The molecule has 4 nitrogen and oxygen atoms in total. The smallest absolute Gasteiger partial charge is 0.327 e. The van der Waals surface area contributed by atoms with Gasteiger partial charge in [-0.2, -0.15) is 0 Å². The fourth-order valence-electron chi connectivity index (χ4n) is 5.04. The van der Waals surface area contributed by atoms with Gasteiger partial charge in [0.05, 0.1) is 12.4 Å². The molecule has 0 N–H and O–H groups in total. The Bertz CT molecular complexity index is 1280. The zero-order valence-electron chi connectivity index (χ0n) is 23.7. The van der Waals surface area contributed by atoms with Gasteiger partial charge in [0.1, 0.15) is 23.8 Å². The SMILES string of the molecule is CC=[N+](c1ccccn1)c1c(C)cc(Cc2cc(C)c([N+](=CC)c3ccccn3)c(C)c2)cc1C.[Br-].[Br-].[Br-].[Br-].[Ni].[Ni]. The van der Waals surface area contributed by atoms with Crippen LogP contribution in [0.3, 0.4) is 0 Å². The van der Waals surface area contributed by atoms with E-state index in [2.05, 4.69) is 97.4 Å². The van der Waals surface area contributed by atoms with Crippen molar-refractivity contribution in [2.75, 3.05) is 0 Å². The third-order valence-electron chi connectivity index (χ3n) is 6.30. The van der Waals surface area contributed by atoms with Gasteiger partial charge in [-0.25, -0.2) is 9.15 Å². The number of aryl methyl sites for hydroxylation is 4. The fraction of sp³-hybridized carbons (Fsp3) is 0.226. The number of rotatable bonds is 6. The van der Waals surface area contributed by atoms with Crippen molar-refractivity contribution in [3.05, 3.63) is 106 Å². The molecule has 2 aromatic carbocycles. The number of pyridine rings is 2. The number of aromatic nitrogens is 2. The average Bonchev–Trinajstić information content (AvgIpc) is 2.84. The zero-order chi connectivity index (χ0) is 24.9. The summed E-state index contributed by atoms with van der Waals surface area (Å²) in [6.07, 6.45) is 8.74. The molecule has 4 aromatic rings. The third kappa shape index (κ3) is 10.6. The minimum atomic E-state index is 0. The van der Waals surface area contributed by atoms with E-state index in [-0.39, 0.29) is 101 Å². The fourth-order valence-corrected chi connectivity index (χ4v) is 5.04. The van der Waals surface area contributed by atoms with Crippen LogP contribution in [-0.2, 0) is 39.4 Å². The van der Waals surface area contributed by atoms with Crippen molar-refractivity contribution in [1.29, 1.82) is 0 Å². The minimum Gasteiger partial charge on any atom is -1.00 e. The van der Waals surface area contributed by atoms with Gasteiger partial charge in [-0.3, -0.25) is 0 Å². The number of hydrogen-bond acceptors (Lipinski definition) is 2. The van der Waals surface area contributed by atoms with Crippen LogP contribution in [0.25, 0.3) is 0 Å². The summed E-state index contributed by atoms with van der Waals surface area (Å²) >= 11 is 0. The van der Waals surface area contributed by atoms with E-state index in [9.17, 15) is 0 Å². The summed E-state index contributed by atoms with van der Waals surface area (Å²) in [5.41, 5.74) is 10.0. The molecule has 0 aliphatic heterocycles. The van der Waals surface area contributed by atoms with Crippen LogP contribution in [0, 0.1) is 27.7 Å². The zero-order valence-corrected chi connectivity index (χ0v) is 32.0. The number of hydrogen-bond donors (Lipinski definition) is 0. The van der Waals surface area contributed by atoms with E-state index >= 15 is 0 Å². The van der Waals surface area contributed by atoms with Gasteiger partial charge in [0.15, 0.2) is 0 Å². The summed E-state index contributed by atoms with van der Waals surface area (Å²) in [4.78, 5) is 9.11. The van der Waals surface area contributed by atoms with Crippen LogP contribution in [0.5, 0.6) is 0 Å². The Balaban J connectivity index is -0.00000241. The average molecular weight is 900 g/mol. The topological polar surface area (TPSA) is 31.8 Å². The normalized spacial score (nSPS) is 10.4. The second-order valence-electron chi connectivity index (χ2n) is 8.97. The van der Waals surface area contributed by atoms with Gasteiger partial charge in [-0.1, -0.05) is 36.4 Å². The second kappa shape index (κ2) is 20.8. The van der Waals surface area contributed by atoms with Gasteiger partial charge in [0.25, 0.3) is 0 Å². The van der Waals surface area contributed by atoms with Crippen molar-refractivity contribution in [2.45, 2.75) is 48.0 Å². The van der Waals surface area contributed by atoms with Crippen molar-refractivity contribution < 1.29 is 101 Å². The molecule has 0 atom stereocenters. The van der Waals surface area contributed by atoms with E-state index < -0.39 is 0 Å². The van der Waals surface area contributed by atoms with Gasteiger partial charge in [0.2, 0.25) is 0 Å². The van der Waals surface area contributed by atoms with E-state index in [1.807, 2.05) is 48.8 Å². The molecular weight excluding hydrogens is 865 g/mol. The van der Waals surface area contributed by atoms with Crippen LogP contribution < -0.4 is 77.1 Å². The predicted octanol–water partition coefficient (Wildman–Crippen LogP) is -4.84. The predicted molar refractivity (Wildman–Crippen MR) is 149 cm³/mol. The maximum atomic E-state index is 4.55. The standard InChI is InChI=1S/C31H34N4.4BrH.2Ni/c1-7-34(28-13-9-11-15-32-28)30-22(3)17-26(18-23(30)4)21-27-19-24(5)31(25(6)20-27)35(8-2)29-14-10-12-16-33-29;;;;;;/h7-20H,21H2,1-6H3;4*1H;;/q+2;;;;;;/p-4. The molecule has 0 saturated carbocycles. The Morgan fingerprint density at radius 3 is 1.12 bits per heavy atom. The molecule has 0 aliphatic rings. The van der Waals surface area contributed by atoms with Crippen molar-refractivity contribution in [3.8, 4) is 0 Å². The molecule has 0 saturated heterocycles. The summed E-state index contributed by atoms with van der Waals surface area (Å²) in [5.74, 6) is 1.86. The van der Waals surface area contributed by atoms with Crippen molar-refractivity contribution in [3.63, 3.8) is 0 Å². The molecule has 2 aromatic heterocycles. The Hall–Kier alpha value is -1.01. The molecular formula is C31H34Br4N4Ni2-2. The monoisotopic (exact) mass is 894 g/mol. The molecule has 0 aliphatic carbocycles. The van der Waals surface area contributed by atoms with Crippen molar-refractivity contribution in [2.24, 2.45) is 0 Å². The molecule has 228 valence electrons. The second-order valence-corrected chi connectivity index (χ2v) is 8.97. The molecule has 41 heavy (non-hydrogen) atoms. The van der Waals surface area contributed by atoms with Gasteiger partial charge < -0.3 is 67.9 Å². The summed E-state index contributed by atoms with van der Waals surface area (Å²) < 4.78 is 4.34. The van der Waals surface area contributed by atoms with Gasteiger partial charge in [-0.05, 0) is 103 Å². The first-order valence-corrected chi connectivity index (χ1v) is 12.1. The molecule has 0 fully saturated rings. The van der Waals surface area contributed by atoms with Crippen LogP contribution in [-0.4, -0.2) is 22.4 Å². The summed E-state index contributed by atoms with van der Waals surface area (Å²) in [7, 11) is 0. The maximum Gasteiger partial charge on any atom is 0.327 e. The largest absolute Gasteiger partial charge is 1.00 e. The van der Waals surface area contributed by atoms with E-state index in [0.717, 1.165) is 18.1 Å². The Morgan fingerprint density at radius 2 is 0.878 bits per heavy atom. The maximum absolute atomic E-state index is 4.55. The molecule has 0 unspecified atom stereocenters. The summed E-state index contributed by atoms with van der Waals surface area (Å²) in [6.45, 7) is 12.9. The number of benzene rings is 2. The minimum absolute atomic E-state index is 0. The molecule has 0 bridgehead atoms. The number of nitrogens with zero attached hydrogens (tertiary/aromatic N) is 4. The van der Waals surface area contributed by atoms with Crippen LogP contribution in [0.2, 0.25) is 0 Å². The van der Waals surface area contributed by atoms with Crippen LogP contribution >= 0.6 is 0 Å². The van der Waals surface area contributed by atoms with Crippen molar-refractivity contribution >= 4 is 35.4 Å². The summed E-state index contributed by atoms with van der Waals surface area (Å²) in [6, 6.07) is 21.3. The molecule has 2 heterocycles. The quantitative estimate of drug-likeness (QED) is 0.111. The van der Waals surface area contributed by atoms with Gasteiger partial charge in [-0.15, -0.1) is 0 Å². The van der Waals surface area contributed by atoms with Crippen LogP contribution in [0.15, 0.2) is 73.1 Å². The third-order valence-corrected chi connectivity index (χ3v) is 6.30. The first-order chi connectivity index (χ1) is 16.9. The molecule has 4 rings (SSSR count). The van der Waals surface area contributed by atoms with Gasteiger partial charge >= 0.3 is 11.6 Å². The Morgan fingerprint density at radius 1 is 0.561 bits per heavy atom. The molecule has 10 heteroatoms. The first-order valence-electron chi connectivity index (χ1n) is 12.1. The van der Waals surface area contributed by atoms with Crippen LogP contribution in [0.1, 0.15) is 47.2 Å². The van der Waals surface area contributed by atoms with E-state index in [1.165, 1.54) is 44.8 Å². The van der Waals surface area contributed by atoms with E-state index in [1.54, 1.807) is 0 Å². The number of halogens is 4. The van der Waals surface area contributed by atoms with E-state index in [0.29, 0.717) is 0 Å². The van der Waals surface area contributed by atoms with Crippen molar-refractivity contribution in [1.82, 2.24) is 19.1 Å². The molecule has 0 radical (unpaired) electrons. The summed E-state index contributed by atoms with van der Waals surface area (Å²) in [5, 5.41) is 0.